The first kappa shape index (κ1) is 26.4. The van der Waals surface area contributed by atoms with Crippen LogP contribution in [0.2, 0.25) is 0 Å². The van der Waals surface area contributed by atoms with E-state index in [0.717, 1.165) is 5.56 Å². The summed E-state index contributed by atoms with van der Waals surface area (Å²) in [5.41, 5.74) is -1.56. The number of ether oxygens (including phenoxy) is 3. The Bertz CT molecular complexity index is 1140. The van der Waals surface area contributed by atoms with Gasteiger partial charge in [-0.25, -0.2) is 0 Å². The number of nitriles is 1. The average Bonchev–Trinajstić information content (AvgIpc) is 3.30. The van der Waals surface area contributed by atoms with Crippen molar-refractivity contribution >= 4 is 17.6 Å². The predicted octanol–water partition coefficient (Wildman–Crippen LogP) is 4.76. The van der Waals surface area contributed by atoms with Gasteiger partial charge in [0.1, 0.15) is 6.07 Å². The fourth-order valence-corrected chi connectivity index (χ4v) is 4.78. The van der Waals surface area contributed by atoms with Crippen LogP contribution in [0.15, 0.2) is 48.1 Å². The van der Waals surface area contributed by atoms with Crippen molar-refractivity contribution < 1.29 is 28.9 Å². The van der Waals surface area contributed by atoms with Gasteiger partial charge in [-0.3, -0.25) is 9.59 Å². The molecule has 0 aromatic heterocycles. The van der Waals surface area contributed by atoms with Gasteiger partial charge in [-0.05, 0) is 50.1 Å². The first-order valence-corrected chi connectivity index (χ1v) is 11.5. The maximum absolute atomic E-state index is 13.5. The third-order valence-corrected chi connectivity index (χ3v) is 6.79. The fourth-order valence-electron chi connectivity index (χ4n) is 4.78. The summed E-state index contributed by atoms with van der Waals surface area (Å²) in [7, 11) is 1.47. The average molecular weight is 480 g/mol. The molecule has 186 valence electrons. The number of aromatic hydroxyl groups is 1. The number of methoxy groups -OCH3 is 1. The third-order valence-electron chi connectivity index (χ3n) is 6.79. The highest BCUT2D eigenvalue weighted by molar-refractivity contribution is 6.04. The number of benzene rings is 1. The van der Waals surface area contributed by atoms with Crippen LogP contribution in [0.3, 0.4) is 0 Å². The Morgan fingerprint density at radius 2 is 1.86 bits per heavy atom. The molecule has 1 aromatic rings. The van der Waals surface area contributed by atoms with E-state index in [9.17, 15) is 20.0 Å². The first-order valence-electron chi connectivity index (χ1n) is 11.5. The summed E-state index contributed by atoms with van der Waals surface area (Å²) < 4.78 is 17.1. The van der Waals surface area contributed by atoms with Gasteiger partial charge in [-0.15, -0.1) is 0 Å². The number of Topliss-reactive ketones (excluding diaryl/α,β-unsaturated/α-hetero) is 1. The first-order chi connectivity index (χ1) is 16.3. The van der Waals surface area contributed by atoms with Crippen LogP contribution in [0.4, 0.5) is 0 Å². The summed E-state index contributed by atoms with van der Waals surface area (Å²) in [6.07, 6.45) is 8.88. The minimum atomic E-state index is -1.30. The van der Waals surface area contributed by atoms with Crippen LogP contribution in [0.5, 0.6) is 11.5 Å². The van der Waals surface area contributed by atoms with Gasteiger partial charge >= 0.3 is 0 Å². The molecule has 2 aliphatic rings. The van der Waals surface area contributed by atoms with Gasteiger partial charge in [0.2, 0.25) is 5.79 Å². The molecule has 35 heavy (non-hydrogen) atoms. The van der Waals surface area contributed by atoms with Gasteiger partial charge in [0.05, 0.1) is 31.3 Å². The van der Waals surface area contributed by atoms with Crippen LogP contribution >= 0.6 is 0 Å². The summed E-state index contributed by atoms with van der Waals surface area (Å²) in [4.78, 5) is 26.0. The van der Waals surface area contributed by atoms with Gasteiger partial charge in [0.25, 0.3) is 0 Å². The monoisotopic (exact) mass is 479 g/mol. The van der Waals surface area contributed by atoms with E-state index in [4.69, 9.17) is 14.2 Å². The summed E-state index contributed by atoms with van der Waals surface area (Å²) in [5, 5.41) is 19.3. The van der Waals surface area contributed by atoms with Crippen LogP contribution in [0.1, 0.15) is 46.6 Å². The van der Waals surface area contributed by atoms with Crippen molar-refractivity contribution in [3.63, 3.8) is 0 Å². The number of hydrogen-bond donors (Lipinski definition) is 1. The lowest BCUT2D eigenvalue weighted by atomic mass is 9.65. The second-order valence-corrected chi connectivity index (χ2v) is 10.5. The molecule has 1 aliphatic carbocycles. The van der Waals surface area contributed by atoms with Crippen molar-refractivity contribution in [3.05, 3.63) is 53.6 Å². The normalized spacial score (nSPS) is 23.9. The van der Waals surface area contributed by atoms with E-state index in [2.05, 4.69) is 0 Å². The number of phenolic OH excluding ortho intramolecular Hbond substituents is 1. The van der Waals surface area contributed by atoms with Crippen molar-refractivity contribution in [2.75, 3.05) is 20.3 Å². The highest BCUT2D eigenvalue weighted by atomic mass is 16.7. The molecule has 1 unspecified atom stereocenters. The van der Waals surface area contributed by atoms with Crippen LogP contribution in [-0.2, 0) is 19.1 Å². The molecule has 0 saturated carbocycles. The molecule has 0 spiro atoms. The molecular formula is C28H33NO6. The third kappa shape index (κ3) is 5.09. The second kappa shape index (κ2) is 9.44. The van der Waals surface area contributed by atoms with E-state index in [1.807, 2.05) is 26.8 Å². The molecular weight excluding hydrogens is 446 g/mol. The van der Waals surface area contributed by atoms with Crippen LogP contribution in [0.25, 0.3) is 6.08 Å². The Hall–Kier alpha value is -3.21. The van der Waals surface area contributed by atoms with Crippen LogP contribution in [0, 0.1) is 27.6 Å². The number of rotatable bonds is 7. The lowest BCUT2D eigenvalue weighted by Gasteiger charge is -2.39. The van der Waals surface area contributed by atoms with E-state index in [1.165, 1.54) is 19.3 Å². The smallest absolute Gasteiger partial charge is 0.200 e. The van der Waals surface area contributed by atoms with Crippen molar-refractivity contribution in [2.24, 2.45) is 16.2 Å². The van der Waals surface area contributed by atoms with Crippen molar-refractivity contribution in [1.29, 1.82) is 5.26 Å². The number of phenols is 1. The molecule has 7 nitrogen and oxygen atoms in total. The lowest BCUT2D eigenvalue weighted by molar-refractivity contribution is -0.191. The van der Waals surface area contributed by atoms with Crippen molar-refractivity contribution in [1.82, 2.24) is 0 Å². The van der Waals surface area contributed by atoms with E-state index < -0.39 is 22.0 Å². The molecule has 7 heteroatoms. The van der Waals surface area contributed by atoms with Gasteiger partial charge in [0, 0.05) is 10.8 Å². The summed E-state index contributed by atoms with van der Waals surface area (Å²) >= 11 is 0. The predicted molar refractivity (Wildman–Crippen MR) is 131 cm³/mol. The summed E-state index contributed by atoms with van der Waals surface area (Å²) in [5.74, 6) is -1.33. The topological polar surface area (TPSA) is 106 Å². The lowest BCUT2D eigenvalue weighted by Crippen LogP contribution is -2.48. The zero-order chi connectivity index (χ0) is 26.1. The fraction of sp³-hybridized carbons (Fsp3) is 0.464. The number of carbonyl (C=O) groups excluding carboxylic acids is 2. The summed E-state index contributed by atoms with van der Waals surface area (Å²) in [6.45, 7) is 9.75. The zero-order valence-electron chi connectivity index (χ0n) is 21.2. The maximum Gasteiger partial charge on any atom is 0.200 e. The maximum atomic E-state index is 13.5. The van der Waals surface area contributed by atoms with Crippen molar-refractivity contribution in [3.8, 4) is 17.6 Å². The molecule has 0 bridgehead atoms. The number of nitrogens with zero attached hydrogens (tertiary/aromatic N) is 1. The van der Waals surface area contributed by atoms with E-state index >= 15 is 0 Å². The Labute approximate surface area is 206 Å². The highest BCUT2D eigenvalue weighted by Crippen LogP contribution is 2.45. The van der Waals surface area contributed by atoms with Gasteiger partial charge in [-0.2, -0.15) is 5.26 Å². The van der Waals surface area contributed by atoms with E-state index in [0.29, 0.717) is 25.4 Å². The largest absolute Gasteiger partial charge is 0.504 e. The molecule has 1 aromatic carbocycles. The van der Waals surface area contributed by atoms with Crippen LogP contribution in [-0.4, -0.2) is 42.8 Å². The molecule has 1 saturated heterocycles. The Morgan fingerprint density at radius 3 is 2.46 bits per heavy atom. The molecule has 1 fully saturated rings. The number of allylic oxidation sites excluding steroid dienone is 4. The quantitative estimate of drug-likeness (QED) is 0.562. The molecule has 1 N–H and O–H groups in total. The molecule has 3 rings (SSSR count). The van der Waals surface area contributed by atoms with Crippen molar-refractivity contribution in [2.45, 2.75) is 46.8 Å². The van der Waals surface area contributed by atoms with E-state index in [1.54, 1.807) is 50.3 Å². The molecule has 1 aliphatic heterocycles. The molecule has 0 radical (unpaired) electrons. The number of carbonyl (C=O) groups is 2. The SMILES string of the molecule is COc1cc(/C=C/C2(C(C)(C)C(=O)/C=C/C3(C)C=C(C#N)C(=O)C(C)(C)C3)OCCO2)ccc1O. The standard InChI is InChI=1S/C28H33NO6/c1-25(2)18-27(5,16-20(17-29)24(25)32)11-10-23(31)26(3,4)28(34-13-14-35-28)12-9-19-7-8-21(30)22(15-19)33-6/h7-12,15-16,30H,13-14,18H2,1-6H3/b11-10+,12-9+. The highest BCUT2D eigenvalue weighted by Gasteiger charge is 2.52. The van der Waals surface area contributed by atoms with Crippen LogP contribution < -0.4 is 4.74 Å². The van der Waals surface area contributed by atoms with Gasteiger partial charge in [-0.1, -0.05) is 45.1 Å². The molecule has 1 atom stereocenters. The number of ketones is 2. The minimum Gasteiger partial charge on any atom is -0.504 e. The minimum absolute atomic E-state index is 0.0306. The van der Waals surface area contributed by atoms with E-state index in [-0.39, 0.29) is 22.9 Å². The Kier molecular flexibility index (Phi) is 7.12. The Balaban J connectivity index is 1.90. The van der Waals surface area contributed by atoms with Gasteiger partial charge < -0.3 is 19.3 Å². The second-order valence-electron chi connectivity index (χ2n) is 10.5. The number of hydrogen-bond acceptors (Lipinski definition) is 7. The Morgan fingerprint density at radius 1 is 1.20 bits per heavy atom. The van der Waals surface area contributed by atoms with Gasteiger partial charge in [0.15, 0.2) is 23.1 Å². The summed E-state index contributed by atoms with van der Waals surface area (Å²) in [6, 6.07) is 6.92. The zero-order valence-corrected chi connectivity index (χ0v) is 21.2. The molecule has 0 amide bonds. The molecule has 1 heterocycles.